The van der Waals surface area contributed by atoms with E-state index in [1.54, 1.807) is 26.0 Å². The highest BCUT2D eigenvalue weighted by atomic mass is 127. The summed E-state index contributed by atoms with van der Waals surface area (Å²) in [7, 11) is 5.32. The molecule has 27 heavy (non-hydrogen) atoms. The number of halogens is 1. The van der Waals surface area contributed by atoms with Crippen LogP contribution in [0.5, 0.6) is 0 Å². The molecule has 1 aromatic carbocycles. The highest BCUT2D eigenvalue weighted by molar-refractivity contribution is 14.0. The summed E-state index contributed by atoms with van der Waals surface area (Å²) in [6, 6.07) is 7.71. The molecule has 1 amide bonds. The fraction of sp³-hybridized carbons (Fsp3) is 0.600. The smallest absolute Gasteiger partial charge is 0.253 e. The van der Waals surface area contributed by atoms with E-state index < -0.39 is 0 Å². The number of nitrogens with one attached hydrogen (secondary N) is 2. The molecule has 1 heterocycles. The normalized spacial score (nSPS) is 17.3. The van der Waals surface area contributed by atoms with Crippen LogP contribution >= 0.6 is 24.0 Å². The third kappa shape index (κ3) is 7.65. The third-order valence-corrected chi connectivity index (χ3v) is 4.76. The molecule has 1 aliphatic heterocycles. The minimum Gasteiger partial charge on any atom is -0.356 e. The van der Waals surface area contributed by atoms with Crippen LogP contribution < -0.4 is 10.6 Å². The molecule has 0 aromatic heterocycles. The lowest BCUT2D eigenvalue weighted by Gasteiger charge is -2.17. The van der Waals surface area contributed by atoms with Gasteiger partial charge in [-0.25, -0.2) is 0 Å². The van der Waals surface area contributed by atoms with Crippen molar-refractivity contribution in [2.24, 2.45) is 10.9 Å². The van der Waals surface area contributed by atoms with Crippen molar-refractivity contribution in [2.75, 3.05) is 47.3 Å². The molecule has 0 spiro atoms. The molecular weight excluding hydrogens is 453 g/mol. The first-order chi connectivity index (χ1) is 12.5. The highest BCUT2D eigenvalue weighted by Crippen LogP contribution is 2.15. The SMILES string of the molecule is CCCN1CCC(CNC(=NC)NCc2ccc(C(=O)N(C)C)cc2)C1.I. The summed E-state index contributed by atoms with van der Waals surface area (Å²) in [5.41, 5.74) is 1.83. The Labute approximate surface area is 180 Å². The zero-order valence-corrected chi connectivity index (χ0v) is 19.3. The monoisotopic (exact) mass is 487 g/mol. The quantitative estimate of drug-likeness (QED) is 0.353. The minimum absolute atomic E-state index is 0. The van der Waals surface area contributed by atoms with E-state index in [0.29, 0.717) is 18.0 Å². The van der Waals surface area contributed by atoms with Gasteiger partial charge in [-0.2, -0.15) is 0 Å². The first kappa shape index (κ1) is 23.7. The number of guanidine groups is 1. The fourth-order valence-electron chi connectivity index (χ4n) is 3.27. The van der Waals surface area contributed by atoms with Gasteiger partial charge in [0.2, 0.25) is 0 Å². The van der Waals surface area contributed by atoms with Crippen molar-refractivity contribution in [2.45, 2.75) is 26.3 Å². The van der Waals surface area contributed by atoms with Crippen LogP contribution in [0.25, 0.3) is 0 Å². The summed E-state index contributed by atoms with van der Waals surface area (Å²) >= 11 is 0. The van der Waals surface area contributed by atoms with Crippen molar-refractivity contribution in [3.63, 3.8) is 0 Å². The third-order valence-electron chi connectivity index (χ3n) is 4.76. The van der Waals surface area contributed by atoms with Gasteiger partial charge in [-0.1, -0.05) is 19.1 Å². The molecule has 1 atom stereocenters. The van der Waals surface area contributed by atoms with Gasteiger partial charge in [-0.3, -0.25) is 9.79 Å². The van der Waals surface area contributed by atoms with Crippen molar-refractivity contribution < 1.29 is 4.79 Å². The molecular formula is C20H34IN5O. The summed E-state index contributed by atoms with van der Waals surface area (Å²) in [5, 5.41) is 6.79. The molecule has 2 rings (SSSR count). The second-order valence-electron chi connectivity index (χ2n) is 7.16. The van der Waals surface area contributed by atoms with Gasteiger partial charge in [0, 0.05) is 46.3 Å². The Morgan fingerprint density at radius 2 is 1.96 bits per heavy atom. The molecule has 1 unspecified atom stereocenters. The van der Waals surface area contributed by atoms with Crippen LogP contribution in [0, 0.1) is 5.92 Å². The maximum absolute atomic E-state index is 11.9. The van der Waals surface area contributed by atoms with E-state index in [2.05, 4.69) is 27.4 Å². The van der Waals surface area contributed by atoms with Crippen molar-refractivity contribution >= 4 is 35.8 Å². The lowest BCUT2D eigenvalue weighted by Crippen LogP contribution is -2.40. The molecule has 152 valence electrons. The van der Waals surface area contributed by atoms with Crippen LogP contribution in [0.2, 0.25) is 0 Å². The number of benzene rings is 1. The Bertz CT molecular complexity index is 603. The predicted molar refractivity (Wildman–Crippen MR) is 123 cm³/mol. The molecule has 1 aliphatic rings. The maximum Gasteiger partial charge on any atom is 0.253 e. The molecule has 7 heteroatoms. The second kappa shape index (κ2) is 12.2. The van der Waals surface area contributed by atoms with E-state index in [-0.39, 0.29) is 29.9 Å². The average Bonchev–Trinajstić information content (AvgIpc) is 3.09. The molecule has 0 saturated carbocycles. The number of rotatable bonds is 7. The average molecular weight is 487 g/mol. The maximum atomic E-state index is 11.9. The van der Waals surface area contributed by atoms with Crippen LogP contribution in [-0.2, 0) is 6.54 Å². The van der Waals surface area contributed by atoms with E-state index in [1.807, 2.05) is 24.3 Å². The van der Waals surface area contributed by atoms with Crippen LogP contribution in [0.4, 0.5) is 0 Å². The van der Waals surface area contributed by atoms with Crippen LogP contribution in [0.15, 0.2) is 29.3 Å². The molecule has 0 radical (unpaired) electrons. The van der Waals surface area contributed by atoms with Gasteiger partial charge in [0.25, 0.3) is 5.91 Å². The van der Waals surface area contributed by atoms with E-state index >= 15 is 0 Å². The van der Waals surface area contributed by atoms with Crippen LogP contribution in [0.1, 0.15) is 35.7 Å². The van der Waals surface area contributed by atoms with Crippen molar-refractivity contribution in [3.05, 3.63) is 35.4 Å². The zero-order chi connectivity index (χ0) is 18.9. The van der Waals surface area contributed by atoms with Crippen molar-refractivity contribution in [3.8, 4) is 0 Å². The van der Waals surface area contributed by atoms with Crippen molar-refractivity contribution in [1.29, 1.82) is 0 Å². The largest absolute Gasteiger partial charge is 0.356 e. The Hall–Kier alpha value is -1.35. The highest BCUT2D eigenvalue weighted by Gasteiger charge is 2.21. The van der Waals surface area contributed by atoms with Crippen LogP contribution in [0.3, 0.4) is 0 Å². The lowest BCUT2D eigenvalue weighted by molar-refractivity contribution is 0.0827. The Morgan fingerprint density at radius 1 is 1.26 bits per heavy atom. The fourth-order valence-corrected chi connectivity index (χ4v) is 3.27. The molecule has 0 bridgehead atoms. The number of carbonyl (C=O) groups excluding carboxylic acids is 1. The molecule has 1 fully saturated rings. The van der Waals surface area contributed by atoms with E-state index in [1.165, 1.54) is 32.5 Å². The van der Waals surface area contributed by atoms with Gasteiger partial charge in [0.05, 0.1) is 0 Å². The van der Waals surface area contributed by atoms with Gasteiger partial charge in [-0.15, -0.1) is 24.0 Å². The van der Waals surface area contributed by atoms with Gasteiger partial charge < -0.3 is 20.4 Å². The Balaban J connectivity index is 0.00000364. The molecule has 6 nitrogen and oxygen atoms in total. The summed E-state index contributed by atoms with van der Waals surface area (Å²) in [6.45, 7) is 7.47. The summed E-state index contributed by atoms with van der Waals surface area (Å²) in [4.78, 5) is 20.4. The topological polar surface area (TPSA) is 60.0 Å². The van der Waals surface area contributed by atoms with E-state index in [0.717, 1.165) is 18.1 Å². The van der Waals surface area contributed by atoms with Gasteiger partial charge in [0.1, 0.15) is 0 Å². The summed E-state index contributed by atoms with van der Waals surface area (Å²) in [6.07, 6.45) is 2.48. The molecule has 0 aliphatic carbocycles. The first-order valence-corrected chi connectivity index (χ1v) is 9.51. The Morgan fingerprint density at radius 3 is 2.56 bits per heavy atom. The minimum atomic E-state index is 0. The molecule has 2 N–H and O–H groups in total. The number of hydrogen-bond donors (Lipinski definition) is 2. The lowest BCUT2D eigenvalue weighted by atomic mass is 10.1. The van der Waals surface area contributed by atoms with Gasteiger partial charge in [-0.05, 0) is 49.5 Å². The number of likely N-dealkylation sites (tertiary alicyclic amines) is 1. The number of amides is 1. The number of aliphatic imine (C=N–C) groups is 1. The van der Waals surface area contributed by atoms with Gasteiger partial charge >= 0.3 is 0 Å². The van der Waals surface area contributed by atoms with E-state index in [9.17, 15) is 4.79 Å². The molecule has 1 aromatic rings. The van der Waals surface area contributed by atoms with Crippen molar-refractivity contribution in [1.82, 2.24) is 20.4 Å². The Kier molecular flexibility index (Phi) is 10.7. The number of hydrogen-bond acceptors (Lipinski definition) is 3. The standard InChI is InChI=1S/C20H33N5O.HI/c1-5-11-25-12-10-17(15-25)14-23-20(21-2)22-13-16-6-8-18(9-7-16)19(26)24(3)4;/h6-9,17H,5,10-15H2,1-4H3,(H2,21,22,23);1H. The van der Waals surface area contributed by atoms with E-state index in [4.69, 9.17) is 0 Å². The number of carbonyl (C=O) groups is 1. The second-order valence-corrected chi connectivity index (χ2v) is 7.16. The molecule has 1 saturated heterocycles. The predicted octanol–water partition coefficient (Wildman–Crippen LogP) is 2.40. The number of nitrogens with zero attached hydrogens (tertiary/aromatic N) is 3. The zero-order valence-electron chi connectivity index (χ0n) is 17.0. The van der Waals surface area contributed by atoms with Gasteiger partial charge in [0.15, 0.2) is 5.96 Å². The first-order valence-electron chi connectivity index (χ1n) is 9.51. The summed E-state index contributed by atoms with van der Waals surface area (Å²) in [5.74, 6) is 1.54. The summed E-state index contributed by atoms with van der Waals surface area (Å²) < 4.78 is 0. The van der Waals surface area contributed by atoms with Crippen LogP contribution in [-0.4, -0.2) is 69.0 Å².